The van der Waals surface area contributed by atoms with Gasteiger partial charge in [0.1, 0.15) is 0 Å². The highest BCUT2D eigenvalue weighted by Gasteiger charge is 2.31. The van der Waals surface area contributed by atoms with Crippen molar-refractivity contribution in [1.29, 1.82) is 0 Å². The maximum absolute atomic E-state index is 10.0. The zero-order chi connectivity index (χ0) is 7.56. The van der Waals surface area contributed by atoms with Gasteiger partial charge in [0.15, 0.2) is 0 Å². The lowest BCUT2D eigenvalue weighted by Gasteiger charge is -1.81. The lowest BCUT2D eigenvalue weighted by Crippen LogP contribution is -1.91. The quantitative estimate of drug-likeness (QED) is 0.441. The Bertz CT molecular complexity index is 165. The molecule has 0 amide bonds. The summed E-state index contributed by atoms with van der Waals surface area (Å²) in [6, 6.07) is 0.816. The zero-order valence-electron chi connectivity index (χ0n) is 5.87. The highest BCUT2D eigenvalue weighted by Crippen LogP contribution is 2.14. The van der Waals surface area contributed by atoms with Crippen LogP contribution >= 0.6 is 0 Å². The second-order valence-corrected chi connectivity index (χ2v) is 2.40. The molecule has 1 aliphatic rings. The molecule has 0 aromatic carbocycles. The van der Waals surface area contributed by atoms with Gasteiger partial charge in [-0.2, -0.15) is 0 Å². The summed E-state index contributed by atoms with van der Waals surface area (Å²) in [7, 11) is 0. The number of carboxylic acid groups (broad SMARTS) is 1. The van der Waals surface area contributed by atoms with Crippen molar-refractivity contribution in [3.63, 3.8) is 0 Å². The van der Waals surface area contributed by atoms with Crippen LogP contribution in [-0.4, -0.2) is 23.2 Å². The van der Waals surface area contributed by atoms with Crippen molar-refractivity contribution in [1.82, 2.24) is 5.32 Å². The minimum Gasteiger partial charge on any atom is -0.478 e. The molecule has 56 valence electrons. The zero-order valence-corrected chi connectivity index (χ0v) is 5.87. The molecular formula is C7H11NO2. The summed E-state index contributed by atoms with van der Waals surface area (Å²) >= 11 is 0. The predicted octanol–water partition coefficient (Wildman–Crippen LogP) is 0.378. The van der Waals surface area contributed by atoms with E-state index in [0.717, 1.165) is 6.42 Å². The number of hydrogen-bond donors (Lipinski definition) is 2. The molecule has 10 heavy (non-hydrogen) atoms. The highest BCUT2D eigenvalue weighted by molar-refractivity contribution is 5.79. The Balaban J connectivity index is 2.23. The first-order valence-corrected chi connectivity index (χ1v) is 3.41. The smallest absolute Gasteiger partial charge is 0.328 e. The van der Waals surface area contributed by atoms with Gasteiger partial charge in [-0.15, -0.1) is 0 Å². The van der Waals surface area contributed by atoms with Gasteiger partial charge < -0.3 is 10.4 Å². The van der Waals surface area contributed by atoms with Crippen LogP contribution in [0.2, 0.25) is 0 Å². The SMILES string of the molecule is CCC1NC1/C=C/C(=O)O. The summed E-state index contributed by atoms with van der Waals surface area (Å²) in [5, 5.41) is 11.4. The average Bonchev–Trinajstić information content (AvgIpc) is 2.61. The molecule has 2 atom stereocenters. The molecule has 0 radical (unpaired) electrons. The van der Waals surface area contributed by atoms with E-state index < -0.39 is 5.97 Å². The number of carboxylic acids is 1. The minimum absolute atomic E-state index is 0.307. The molecule has 0 bridgehead atoms. The summed E-state index contributed by atoms with van der Waals surface area (Å²) in [6.45, 7) is 2.08. The molecule has 1 saturated heterocycles. The first kappa shape index (κ1) is 7.28. The van der Waals surface area contributed by atoms with Gasteiger partial charge in [-0.1, -0.05) is 13.0 Å². The number of hydrogen-bond acceptors (Lipinski definition) is 2. The van der Waals surface area contributed by atoms with Crippen LogP contribution in [0.3, 0.4) is 0 Å². The van der Waals surface area contributed by atoms with Gasteiger partial charge in [0, 0.05) is 18.2 Å². The Labute approximate surface area is 59.7 Å². The fraction of sp³-hybridized carbons (Fsp3) is 0.571. The van der Waals surface area contributed by atoms with Crippen LogP contribution in [0, 0.1) is 0 Å². The maximum atomic E-state index is 10.0. The molecule has 0 aromatic heterocycles. The van der Waals surface area contributed by atoms with Crippen LogP contribution in [0.4, 0.5) is 0 Å². The minimum atomic E-state index is -0.872. The normalized spacial score (nSPS) is 30.9. The Hall–Kier alpha value is -0.830. The van der Waals surface area contributed by atoms with E-state index in [-0.39, 0.29) is 0 Å². The standard InChI is InChI=1S/C7H11NO2/c1-2-5-6(8-5)3-4-7(9)10/h3-6,8H,2H2,1H3,(H,9,10)/b4-3+. The van der Waals surface area contributed by atoms with E-state index in [1.54, 1.807) is 6.08 Å². The lowest BCUT2D eigenvalue weighted by molar-refractivity contribution is -0.131. The Kier molecular flexibility index (Phi) is 2.06. The molecule has 0 aromatic rings. The molecule has 1 rings (SSSR count). The lowest BCUT2D eigenvalue weighted by atomic mass is 10.2. The summed E-state index contributed by atoms with van der Waals surface area (Å²) in [6.07, 6.45) is 3.94. The predicted molar refractivity (Wildman–Crippen MR) is 37.8 cm³/mol. The van der Waals surface area contributed by atoms with Crippen molar-refractivity contribution in [3.05, 3.63) is 12.2 Å². The summed E-state index contributed by atoms with van der Waals surface area (Å²) in [5.74, 6) is -0.872. The van der Waals surface area contributed by atoms with E-state index >= 15 is 0 Å². The number of nitrogens with one attached hydrogen (secondary N) is 1. The first-order chi connectivity index (χ1) is 4.74. The second kappa shape index (κ2) is 2.84. The molecule has 1 fully saturated rings. The van der Waals surface area contributed by atoms with Crippen molar-refractivity contribution < 1.29 is 9.90 Å². The molecule has 3 nitrogen and oxygen atoms in total. The molecule has 0 aliphatic carbocycles. The van der Waals surface area contributed by atoms with Crippen LogP contribution in [0.1, 0.15) is 13.3 Å². The van der Waals surface area contributed by atoms with E-state index in [0.29, 0.717) is 12.1 Å². The van der Waals surface area contributed by atoms with Gasteiger partial charge >= 0.3 is 5.97 Å². The fourth-order valence-corrected chi connectivity index (χ4v) is 0.939. The molecule has 2 unspecified atom stereocenters. The number of rotatable bonds is 3. The third kappa shape index (κ3) is 1.84. The Morgan fingerprint density at radius 2 is 2.50 bits per heavy atom. The Morgan fingerprint density at radius 1 is 1.80 bits per heavy atom. The van der Waals surface area contributed by atoms with Gasteiger partial charge in [-0.25, -0.2) is 4.79 Å². The summed E-state index contributed by atoms with van der Waals surface area (Å²) in [5.41, 5.74) is 0. The average molecular weight is 141 g/mol. The number of carbonyl (C=O) groups is 1. The molecule has 1 heterocycles. The topological polar surface area (TPSA) is 59.2 Å². The summed E-state index contributed by atoms with van der Waals surface area (Å²) in [4.78, 5) is 10.0. The molecular weight excluding hydrogens is 130 g/mol. The van der Waals surface area contributed by atoms with Gasteiger partial charge in [-0.3, -0.25) is 0 Å². The van der Waals surface area contributed by atoms with E-state index in [9.17, 15) is 4.79 Å². The molecule has 2 N–H and O–H groups in total. The van der Waals surface area contributed by atoms with Crippen molar-refractivity contribution >= 4 is 5.97 Å². The van der Waals surface area contributed by atoms with E-state index in [4.69, 9.17) is 5.11 Å². The third-order valence-electron chi connectivity index (χ3n) is 1.62. The largest absolute Gasteiger partial charge is 0.478 e. The monoisotopic (exact) mass is 141 g/mol. The number of aliphatic carboxylic acids is 1. The van der Waals surface area contributed by atoms with Gasteiger partial charge in [0.2, 0.25) is 0 Å². The van der Waals surface area contributed by atoms with Gasteiger partial charge in [-0.05, 0) is 6.42 Å². The van der Waals surface area contributed by atoms with Crippen LogP contribution in [-0.2, 0) is 4.79 Å². The highest BCUT2D eigenvalue weighted by atomic mass is 16.4. The molecule has 0 spiro atoms. The first-order valence-electron chi connectivity index (χ1n) is 3.41. The van der Waals surface area contributed by atoms with E-state index in [1.807, 2.05) is 0 Å². The maximum Gasteiger partial charge on any atom is 0.328 e. The van der Waals surface area contributed by atoms with Crippen molar-refractivity contribution in [2.45, 2.75) is 25.4 Å². The molecule has 1 aliphatic heterocycles. The van der Waals surface area contributed by atoms with Crippen molar-refractivity contribution in [2.24, 2.45) is 0 Å². The van der Waals surface area contributed by atoms with E-state index in [1.165, 1.54) is 6.08 Å². The van der Waals surface area contributed by atoms with Crippen molar-refractivity contribution in [2.75, 3.05) is 0 Å². The van der Waals surface area contributed by atoms with Crippen LogP contribution in [0.5, 0.6) is 0 Å². The molecule has 3 heteroatoms. The second-order valence-electron chi connectivity index (χ2n) is 2.40. The van der Waals surface area contributed by atoms with Crippen LogP contribution in [0.25, 0.3) is 0 Å². The van der Waals surface area contributed by atoms with Gasteiger partial charge in [0.05, 0.1) is 0 Å². The van der Waals surface area contributed by atoms with Crippen LogP contribution in [0.15, 0.2) is 12.2 Å². The Morgan fingerprint density at radius 3 is 2.90 bits per heavy atom. The third-order valence-corrected chi connectivity index (χ3v) is 1.62. The summed E-state index contributed by atoms with van der Waals surface area (Å²) < 4.78 is 0. The molecule has 0 saturated carbocycles. The van der Waals surface area contributed by atoms with Crippen molar-refractivity contribution in [3.8, 4) is 0 Å². The van der Waals surface area contributed by atoms with E-state index in [2.05, 4.69) is 12.2 Å². The fourth-order valence-electron chi connectivity index (χ4n) is 0.939. The van der Waals surface area contributed by atoms with Crippen LogP contribution < -0.4 is 5.32 Å². The van der Waals surface area contributed by atoms with Gasteiger partial charge in [0.25, 0.3) is 0 Å².